The summed E-state index contributed by atoms with van der Waals surface area (Å²) in [5.74, 6) is 0.631. The topological polar surface area (TPSA) is 42.2 Å². The van der Waals surface area contributed by atoms with E-state index < -0.39 is 0 Å². The van der Waals surface area contributed by atoms with Crippen LogP contribution in [0.4, 0.5) is 5.95 Å². The van der Waals surface area contributed by atoms with Crippen LogP contribution < -0.4 is 5.32 Å². The van der Waals surface area contributed by atoms with E-state index in [2.05, 4.69) is 58.7 Å². The highest BCUT2D eigenvalue weighted by molar-refractivity contribution is 9.11. The molecule has 3 aromatic heterocycles. The maximum absolute atomic E-state index is 4.42. The highest BCUT2D eigenvalue weighted by Crippen LogP contribution is 2.21. The highest BCUT2D eigenvalue weighted by atomic mass is 79.9. The summed E-state index contributed by atoms with van der Waals surface area (Å²) in [5.41, 5.74) is 0.812. The van der Waals surface area contributed by atoms with E-state index >= 15 is 0 Å². The Kier molecular flexibility index (Phi) is 3.36. The zero-order chi connectivity index (χ0) is 12.5. The van der Waals surface area contributed by atoms with Gasteiger partial charge in [-0.3, -0.25) is 0 Å². The molecular weight excluding hydrogens is 380 g/mol. The van der Waals surface area contributed by atoms with Gasteiger partial charge in [-0.2, -0.15) is 4.98 Å². The molecule has 3 aromatic rings. The smallest absolute Gasteiger partial charge is 0.243 e. The third-order valence-corrected chi connectivity index (χ3v) is 4.67. The molecule has 0 spiro atoms. The first kappa shape index (κ1) is 12.1. The van der Waals surface area contributed by atoms with Crippen LogP contribution >= 0.6 is 43.2 Å². The molecule has 0 radical (unpaired) electrons. The first-order valence-electron chi connectivity index (χ1n) is 5.20. The number of thiophene rings is 1. The Labute approximate surface area is 124 Å². The summed E-state index contributed by atoms with van der Waals surface area (Å²) in [7, 11) is 0. The minimum atomic E-state index is 0.631. The van der Waals surface area contributed by atoms with E-state index in [4.69, 9.17) is 0 Å². The van der Waals surface area contributed by atoms with Crippen molar-refractivity contribution in [1.82, 2.24) is 14.6 Å². The zero-order valence-corrected chi connectivity index (χ0v) is 13.1. The van der Waals surface area contributed by atoms with E-state index in [9.17, 15) is 0 Å². The summed E-state index contributed by atoms with van der Waals surface area (Å²) in [5, 5.41) is 9.63. The standard InChI is InChI=1S/C11H8Br2N4S/c12-7-4-8(18-6-7)5-14-11-15-10-9(13)2-1-3-17(10)16-11/h1-4,6H,5H2,(H,14,16). The van der Waals surface area contributed by atoms with Crippen LogP contribution in [0.25, 0.3) is 5.65 Å². The van der Waals surface area contributed by atoms with E-state index in [0.29, 0.717) is 5.95 Å². The second-order valence-electron chi connectivity index (χ2n) is 3.64. The van der Waals surface area contributed by atoms with Crippen molar-refractivity contribution in [3.63, 3.8) is 0 Å². The minimum absolute atomic E-state index is 0.631. The Morgan fingerprint density at radius 1 is 1.39 bits per heavy atom. The molecule has 0 aromatic carbocycles. The number of aromatic nitrogens is 3. The van der Waals surface area contributed by atoms with E-state index in [-0.39, 0.29) is 0 Å². The molecule has 0 aliphatic carbocycles. The summed E-state index contributed by atoms with van der Waals surface area (Å²) in [6.45, 7) is 0.727. The molecule has 3 rings (SSSR count). The van der Waals surface area contributed by atoms with Gasteiger partial charge in [0.05, 0.1) is 11.0 Å². The van der Waals surface area contributed by atoms with Gasteiger partial charge in [0.1, 0.15) is 0 Å². The van der Waals surface area contributed by atoms with Gasteiger partial charge in [0.25, 0.3) is 0 Å². The molecule has 4 nitrogen and oxygen atoms in total. The lowest BCUT2D eigenvalue weighted by Gasteiger charge is -1.96. The summed E-state index contributed by atoms with van der Waals surface area (Å²) in [4.78, 5) is 5.66. The second-order valence-corrected chi connectivity index (χ2v) is 6.41. The van der Waals surface area contributed by atoms with Crippen molar-refractivity contribution in [1.29, 1.82) is 0 Å². The Morgan fingerprint density at radius 2 is 2.28 bits per heavy atom. The maximum Gasteiger partial charge on any atom is 0.243 e. The summed E-state index contributed by atoms with van der Waals surface area (Å²) in [6.07, 6.45) is 1.88. The lowest BCUT2D eigenvalue weighted by molar-refractivity contribution is 0.950. The fourth-order valence-electron chi connectivity index (χ4n) is 1.56. The fourth-order valence-corrected chi connectivity index (χ4v) is 3.37. The normalized spacial score (nSPS) is 11.0. The van der Waals surface area contributed by atoms with Gasteiger partial charge in [0.2, 0.25) is 5.95 Å². The summed E-state index contributed by atoms with van der Waals surface area (Å²) >= 11 is 8.59. The molecule has 0 fully saturated rings. The molecule has 0 amide bonds. The minimum Gasteiger partial charge on any atom is -0.348 e. The lowest BCUT2D eigenvalue weighted by Crippen LogP contribution is -1.99. The van der Waals surface area contributed by atoms with Gasteiger partial charge >= 0.3 is 0 Å². The number of hydrogen-bond donors (Lipinski definition) is 1. The number of nitrogens with zero attached hydrogens (tertiary/aromatic N) is 3. The predicted octanol–water partition coefficient (Wildman–Crippen LogP) is 3.93. The zero-order valence-electron chi connectivity index (χ0n) is 9.10. The molecule has 3 heterocycles. The Morgan fingerprint density at radius 3 is 3.00 bits per heavy atom. The Bertz CT molecular complexity index is 691. The molecule has 0 saturated carbocycles. The number of pyridine rings is 1. The molecular formula is C11H8Br2N4S. The number of anilines is 1. The molecule has 0 aliphatic rings. The molecule has 92 valence electrons. The number of fused-ring (bicyclic) bond motifs is 1. The molecule has 0 atom stereocenters. The van der Waals surface area contributed by atoms with Crippen molar-refractivity contribution < 1.29 is 0 Å². The van der Waals surface area contributed by atoms with Crippen LogP contribution in [0.5, 0.6) is 0 Å². The maximum atomic E-state index is 4.42. The monoisotopic (exact) mass is 386 g/mol. The van der Waals surface area contributed by atoms with Crippen LogP contribution in [0, 0.1) is 0 Å². The summed E-state index contributed by atoms with van der Waals surface area (Å²) in [6, 6.07) is 5.96. The molecule has 0 aliphatic heterocycles. The Hall–Kier alpha value is -0.920. The van der Waals surface area contributed by atoms with Crippen molar-refractivity contribution in [3.05, 3.63) is 43.6 Å². The molecule has 0 saturated heterocycles. The van der Waals surface area contributed by atoms with Crippen LogP contribution in [0.2, 0.25) is 0 Å². The Balaban J connectivity index is 1.81. The van der Waals surface area contributed by atoms with Crippen molar-refractivity contribution in [2.45, 2.75) is 6.54 Å². The van der Waals surface area contributed by atoms with Crippen LogP contribution in [0.1, 0.15) is 4.88 Å². The third-order valence-electron chi connectivity index (χ3n) is 2.36. The number of nitrogens with one attached hydrogen (secondary N) is 1. The van der Waals surface area contributed by atoms with Crippen molar-refractivity contribution in [2.75, 3.05) is 5.32 Å². The first-order chi connectivity index (χ1) is 8.72. The molecule has 0 unspecified atom stereocenters. The van der Waals surface area contributed by atoms with Gasteiger partial charge in [0, 0.05) is 20.9 Å². The number of halogens is 2. The molecule has 18 heavy (non-hydrogen) atoms. The largest absolute Gasteiger partial charge is 0.348 e. The van der Waals surface area contributed by atoms with Gasteiger partial charge < -0.3 is 5.32 Å². The fraction of sp³-hybridized carbons (Fsp3) is 0.0909. The van der Waals surface area contributed by atoms with Crippen molar-refractivity contribution in [2.24, 2.45) is 0 Å². The van der Waals surface area contributed by atoms with Gasteiger partial charge in [-0.15, -0.1) is 16.4 Å². The SMILES string of the molecule is Brc1csc(CNc2nc3c(Br)cccn3n2)c1. The molecule has 7 heteroatoms. The lowest BCUT2D eigenvalue weighted by atomic mass is 10.5. The predicted molar refractivity (Wildman–Crippen MR) is 80.0 cm³/mol. The van der Waals surface area contributed by atoms with Crippen LogP contribution in [0.15, 0.2) is 38.7 Å². The van der Waals surface area contributed by atoms with Gasteiger partial charge in [-0.25, -0.2) is 4.52 Å². The van der Waals surface area contributed by atoms with E-state index in [1.807, 2.05) is 18.3 Å². The molecule has 1 N–H and O–H groups in total. The number of rotatable bonds is 3. The van der Waals surface area contributed by atoms with Crippen molar-refractivity contribution in [3.8, 4) is 0 Å². The highest BCUT2D eigenvalue weighted by Gasteiger charge is 2.06. The van der Waals surface area contributed by atoms with E-state index in [0.717, 1.165) is 21.1 Å². The van der Waals surface area contributed by atoms with Crippen LogP contribution in [-0.2, 0) is 6.54 Å². The summed E-state index contributed by atoms with van der Waals surface area (Å²) < 4.78 is 3.79. The second kappa shape index (κ2) is 4.99. The van der Waals surface area contributed by atoms with Gasteiger partial charge in [-0.05, 0) is 50.1 Å². The average Bonchev–Trinajstić information content (AvgIpc) is 2.93. The third kappa shape index (κ3) is 2.43. The average molecular weight is 388 g/mol. The number of hydrogen-bond acceptors (Lipinski definition) is 4. The van der Waals surface area contributed by atoms with E-state index in [1.54, 1.807) is 15.9 Å². The van der Waals surface area contributed by atoms with Crippen LogP contribution in [0.3, 0.4) is 0 Å². The van der Waals surface area contributed by atoms with Gasteiger partial charge in [0.15, 0.2) is 5.65 Å². The quantitative estimate of drug-likeness (QED) is 0.740. The van der Waals surface area contributed by atoms with E-state index in [1.165, 1.54) is 4.88 Å². The van der Waals surface area contributed by atoms with Crippen LogP contribution in [-0.4, -0.2) is 14.6 Å². The van der Waals surface area contributed by atoms with Crippen molar-refractivity contribution >= 4 is 54.8 Å². The first-order valence-corrected chi connectivity index (χ1v) is 7.66. The molecule has 0 bridgehead atoms. The van der Waals surface area contributed by atoms with Gasteiger partial charge in [-0.1, -0.05) is 0 Å².